The van der Waals surface area contributed by atoms with Gasteiger partial charge in [0.15, 0.2) is 0 Å². The standard InChI is InChI=1S/C42H79NO3/c1-3-5-7-9-11-13-15-17-19-20-21-22-24-26-28-30-32-34-36-38-42(46)43-40(39-44)41(45)37-35-33-31-29-27-25-23-18-16-14-12-10-8-6-4-2/h20-21,27,29,35,37,40-41,44-45H,3-19,22-26,28,30-34,36,38-39H2,1-2H3,(H,43,46)/b21-20-,29-27+,37-35+. The van der Waals surface area contributed by atoms with Gasteiger partial charge in [-0.05, 0) is 57.8 Å². The smallest absolute Gasteiger partial charge is 0.220 e. The quantitative estimate of drug-likeness (QED) is 0.0469. The Morgan fingerprint density at radius 1 is 0.500 bits per heavy atom. The number of aliphatic hydroxyl groups excluding tert-OH is 2. The van der Waals surface area contributed by atoms with Gasteiger partial charge >= 0.3 is 0 Å². The van der Waals surface area contributed by atoms with E-state index < -0.39 is 12.1 Å². The monoisotopic (exact) mass is 646 g/mol. The Bertz CT molecular complexity index is 701. The molecular weight excluding hydrogens is 566 g/mol. The van der Waals surface area contributed by atoms with E-state index in [1.807, 2.05) is 6.08 Å². The van der Waals surface area contributed by atoms with Gasteiger partial charge in [-0.15, -0.1) is 0 Å². The molecule has 0 aliphatic heterocycles. The maximum atomic E-state index is 12.3. The minimum atomic E-state index is -0.861. The van der Waals surface area contributed by atoms with E-state index in [-0.39, 0.29) is 12.5 Å². The molecule has 2 atom stereocenters. The number of carbonyl (C=O) groups is 1. The molecule has 0 aliphatic rings. The van der Waals surface area contributed by atoms with E-state index >= 15 is 0 Å². The highest BCUT2D eigenvalue weighted by molar-refractivity contribution is 5.76. The number of aliphatic hydroxyl groups is 2. The summed E-state index contributed by atoms with van der Waals surface area (Å²) in [7, 11) is 0. The minimum Gasteiger partial charge on any atom is -0.394 e. The van der Waals surface area contributed by atoms with Crippen LogP contribution < -0.4 is 5.32 Å². The highest BCUT2D eigenvalue weighted by Gasteiger charge is 2.17. The van der Waals surface area contributed by atoms with Crippen molar-refractivity contribution in [1.82, 2.24) is 5.32 Å². The van der Waals surface area contributed by atoms with Crippen LogP contribution >= 0.6 is 0 Å². The van der Waals surface area contributed by atoms with Crippen molar-refractivity contribution < 1.29 is 15.0 Å². The molecule has 0 saturated carbocycles. The topological polar surface area (TPSA) is 69.6 Å². The van der Waals surface area contributed by atoms with Crippen LogP contribution in [0.5, 0.6) is 0 Å². The van der Waals surface area contributed by atoms with Gasteiger partial charge in [0.05, 0.1) is 18.8 Å². The second-order valence-corrected chi connectivity index (χ2v) is 13.7. The number of nitrogens with one attached hydrogen (secondary N) is 1. The van der Waals surface area contributed by atoms with Crippen LogP contribution in [0.2, 0.25) is 0 Å². The molecule has 0 aromatic heterocycles. The van der Waals surface area contributed by atoms with Gasteiger partial charge in [0, 0.05) is 6.42 Å². The predicted molar refractivity (Wildman–Crippen MR) is 202 cm³/mol. The van der Waals surface area contributed by atoms with Gasteiger partial charge in [0.1, 0.15) is 0 Å². The highest BCUT2D eigenvalue weighted by atomic mass is 16.3. The van der Waals surface area contributed by atoms with Crippen molar-refractivity contribution in [1.29, 1.82) is 0 Å². The first-order valence-corrected chi connectivity index (χ1v) is 20.2. The van der Waals surface area contributed by atoms with Crippen LogP contribution in [-0.4, -0.2) is 34.9 Å². The Hall–Kier alpha value is -1.39. The van der Waals surface area contributed by atoms with Crippen molar-refractivity contribution >= 4 is 5.91 Å². The molecule has 0 bridgehead atoms. The summed E-state index contributed by atoms with van der Waals surface area (Å²) in [6, 6.07) is -0.639. The molecule has 270 valence electrons. The Balaban J connectivity index is 3.63. The number of carbonyl (C=O) groups excluding carboxylic acids is 1. The molecule has 3 N–H and O–H groups in total. The molecule has 0 rings (SSSR count). The van der Waals surface area contributed by atoms with Crippen LogP contribution in [0.1, 0.15) is 206 Å². The van der Waals surface area contributed by atoms with Crippen LogP contribution in [-0.2, 0) is 4.79 Å². The molecule has 0 heterocycles. The SMILES string of the molecule is CCCCCCCCCC/C=C\CCCCCCCCCC(=O)NC(CO)C(O)/C=C/CC/C=C/CCCCCCCCCCC. The van der Waals surface area contributed by atoms with Gasteiger partial charge in [0.25, 0.3) is 0 Å². The summed E-state index contributed by atoms with van der Waals surface area (Å²) in [4.78, 5) is 12.3. The summed E-state index contributed by atoms with van der Waals surface area (Å²) in [6.45, 7) is 4.29. The van der Waals surface area contributed by atoms with Crippen LogP contribution in [0.15, 0.2) is 36.5 Å². The first-order chi connectivity index (χ1) is 22.7. The number of rotatable bonds is 36. The predicted octanol–water partition coefficient (Wildman–Crippen LogP) is 12.2. The Labute approximate surface area is 287 Å². The van der Waals surface area contributed by atoms with Crippen LogP contribution in [0, 0.1) is 0 Å². The summed E-state index contributed by atoms with van der Waals surface area (Å²) in [5, 5.41) is 22.9. The molecule has 46 heavy (non-hydrogen) atoms. The molecule has 0 aromatic rings. The lowest BCUT2D eigenvalue weighted by atomic mass is 10.1. The summed E-state index contributed by atoms with van der Waals surface area (Å²) in [5.41, 5.74) is 0. The molecular formula is C42H79NO3. The van der Waals surface area contributed by atoms with E-state index in [0.29, 0.717) is 6.42 Å². The first-order valence-electron chi connectivity index (χ1n) is 20.2. The Kier molecular flexibility index (Phi) is 36.9. The first kappa shape index (κ1) is 44.6. The lowest BCUT2D eigenvalue weighted by Crippen LogP contribution is -2.45. The third-order valence-electron chi connectivity index (χ3n) is 9.10. The zero-order chi connectivity index (χ0) is 33.6. The van der Waals surface area contributed by atoms with E-state index in [1.54, 1.807) is 6.08 Å². The second-order valence-electron chi connectivity index (χ2n) is 13.7. The fraction of sp³-hybridized carbons (Fsp3) is 0.833. The lowest BCUT2D eigenvalue weighted by Gasteiger charge is -2.19. The normalized spacial score (nSPS) is 13.4. The minimum absolute atomic E-state index is 0.0790. The zero-order valence-electron chi connectivity index (χ0n) is 30.8. The number of hydrogen-bond acceptors (Lipinski definition) is 3. The molecule has 0 aromatic carbocycles. The van der Waals surface area contributed by atoms with E-state index in [4.69, 9.17) is 0 Å². The largest absolute Gasteiger partial charge is 0.394 e. The summed E-state index contributed by atoms with van der Waals surface area (Å²) in [6.07, 6.45) is 49.5. The van der Waals surface area contributed by atoms with Crippen molar-refractivity contribution in [3.05, 3.63) is 36.5 Å². The summed E-state index contributed by atoms with van der Waals surface area (Å²) >= 11 is 0. The van der Waals surface area contributed by atoms with E-state index in [9.17, 15) is 15.0 Å². The van der Waals surface area contributed by atoms with Crippen LogP contribution in [0.4, 0.5) is 0 Å². The van der Waals surface area contributed by atoms with Crippen LogP contribution in [0.3, 0.4) is 0 Å². The average molecular weight is 646 g/mol. The average Bonchev–Trinajstić information content (AvgIpc) is 3.06. The Morgan fingerprint density at radius 3 is 1.26 bits per heavy atom. The third-order valence-corrected chi connectivity index (χ3v) is 9.10. The van der Waals surface area contributed by atoms with E-state index in [1.165, 1.54) is 154 Å². The van der Waals surface area contributed by atoms with Crippen molar-refractivity contribution in [3.63, 3.8) is 0 Å². The number of unbranched alkanes of at least 4 members (excludes halogenated alkanes) is 25. The number of allylic oxidation sites excluding steroid dienone is 5. The molecule has 0 spiro atoms. The number of amides is 1. The van der Waals surface area contributed by atoms with Gasteiger partial charge in [-0.1, -0.05) is 179 Å². The zero-order valence-corrected chi connectivity index (χ0v) is 30.8. The molecule has 2 unspecified atom stereocenters. The van der Waals surface area contributed by atoms with Crippen LogP contribution in [0.25, 0.3) is 0 Å². The van der Waals surface area contributed by atoms with Crippen molar-refractivity contribution in [2.75, 3.05) is 6.61 Å². The van der Waals surface area contributed by atoms with Crippen molar-refractivity contribution in [2.24, 2.45) is 0 Å². The van der Waals surface area contributed by atoms with Gasteiger partial charge in [-0.25, -0.2) is 0 Å². The Morgan fingerprint density at radius 2 is 0.848 bits per heavy atom. The maximum absolute atomic E-state index is 12.3. The third kappa shape index (κ3) is 34.0. The van der Waals surface area contributed by atoms with Gasteiger partial charge in [0.2, 0.25) is 5.91 Å². The van der Waals surface area contributed by atoms with Gasteiger partial charge in [-0.2, -0.15) is 0 Å². The van der Waals surface area contributed by atoms with Crippen molar-refractivity contribution in [2.45, 2.75) is 219 Å². The fourth-order valence-electron chi connectivity index (χ4n) is 5.95. The fourth-order valence-corrected chi connectivity index (χ4v) is 5.95. The molecule has 0 radical (unpaired) electrons. The maximum Gasteiger partial charge on any atom is 0.220 e. The molecule has 0 aliphatic carbocycles. The van der Waals surface area contributed by atoms with Gasteiger partial charge < -0.3 is 15.5 Å². The summed E-state index contributed by atoms with van der Waals surface area (Å²) < 4.78 is 0. The molecule has 4 nitrogen and oxygen atoms in total. The molecule has 1 amide bonds. The van der Waals surface area contributed by atoms with E-state index in [2.05, 4.69) is 43.5 Å². The van der Waals surface area contributed by atoms with Gasteiger partial charge in [-0.3, -0.25) is 4.79 Å². The lowest BCUT2D eigenvalue weighted by molar-refractivity contribution is -0.123. The molecule has 0 saturated heterocycles. The highest BCUT2D eigenvalue weighted by Crippen LogP contribution is 2.13. The second kappa shape index (κ2) is 38.1. The van der Waals surface area contributed by atoms with E-state index in [0.717, 1.165) is 32.1 Å². The molecule has 4 heteroatoms. The summed E-state index contributed by atoms with van der Waals surface area (Å²) in [5.74, 6) is -0.0790. The van der Waals surface area contributed by atoms with Crippen molar-refractivity contribution in [3.8, 4) is 0 Å². The number of hydrogen-bond donors (Lipinski definition) is 3. The molecule has 0 fully saturated rings.